The van der Waals surface area contributed by atoms with Crippen LogP contribution >= 0.6 is 11.6 Å². The van der Waals surface area contributed by atoms with Gasteiger partial charge in [0.15, 0.2) is 0 Å². The monoisotopic (exact) mass is 579 g/mol. The molecule has 0 spiro atoms. The van der Waals surface area contributed by atoms with Crippen LogP contribution in [0.15, 0.2) is 63.5 Å². The van der Waals surface area contributed by atoms with Gasteiger partial charge in [-0.25, -0.2) is 36.7 Å². The molecular formula is C22H25ClF3N5O4S2. The van der Waals surface area contributed by atoms with Gasteiger partial charge in [0.25, 0.3) is 10.0 Å². The second-order valence-corrected chi connectivity index (χ2v) is 12.5. The molecule has 0 amide bonds. The summed E-state index contributed by atoms with van der Waals surface area (Å²) in [6.07, 6.45) is -4.63. The topological polar surface area (TPSA) is 134 Å². The Morgan fingerprint density at radius 1 is 1.14 bits per heavy atom. The molecule has 3 rings (SSSR count). The van der Waals surface area contributed by atoms with Crippen LogP contribution in [-0.2, 0) is 26.2 Å². The minimum absolute atomic E-state index is 0.0802. The van der Waals surface area contributed by atoms with Gasteiger partial charge in [-0.15, -0.1) is 0 Å². The molecule has 9 nitrogen and oxygen atoms in total. The molecule has 1 aliphatic rings. The number of alkyl halides is 3. The quantitative estimate of drug-likeness (QED) is 0.383. The predicted octanol–water partition coefficient (Wildman–Crippen LogP) is 3.27. The molecule has 2 aromatic rings. The van der Waals surface area contributed by atoms with Gasteiger partial charge in [0.05, 0.1) is 35.0 Å². The average molecular weight is 580 g/mol. The number of rotatable bonds is 7. The van der Waals surface area contributed by atoms with Crippen LogP contribution in [0.3, 0.4) is 0 Å². The van der Waals surface area contributed by atoms with Gasteiger partial charge in [0.2, 0.25) is 16.0 Å². The van der Waals surface area contributed by atoms with E-state index in [4.69, 9.17) is 16.7 Å². The number of aliphatic imine (C=N–C) groups is 1. The molecule has 1 heterocycles. The van der Waals surface area contributed by atoms with Gasteiger partial charge < -0.3 is 0 Å². The largest absolute Gasteiger partial charge is 0.416 e. The van der Waals surface area contributed by atoms with Crippen molar-refractivity contribution in [2.45, 2.75) is 24.9 Å². The first-order chi connectivity index (χ1) is 17.1. The molecular weight excluding hydrogens is 555 g/mol. The Labute approximate surface area is 218 Å². The first-order valence-corrected chi connectivity index (χ1v) is 14.5. The highest BCUT2D eigenvalue weighted by Crippen LogP contribution is 2.30. The summed E-state index contributed by atoms with van der Waals surface area (Å²) in [4.78, 5) is 3.64. The minimum Gasteiger partial charge on any atom is -0.250 e. The molecule has 2 aromatic carbocycles. The SMILES string of the molecule is CC(C)[C@H]1CN(C(=NCCS(N)(=O)=O)NS(=O)(=O)c2ccc(C(F)(F)F)cc2)N=C1c1ccc(Cl)cc1. The number of halogens is 4. The normalized spacial score (nSPS) is 17.3. The maximum Gasteiger partial charge on any atom is 0.416 e. The van der Waals surface area contributed by atoms with E-state index >= 15 is 0 Å². The Kier molecular flexibility index (Phi) is 8.57. The van der Waals surface area contributed by atoms with Crippen LogP contribution in [0.5, 0.6) is 0 Å². The van der Waals surface area contributed by atoms with E-state index in [0.717, 1.165) is 17.7 Å². The van der Waals surface area contributed by atoms with Crippen molar-refractivity contribution in [3.8, 4) is 0 Å². The molecule has 1 aliphatic heterocycles. The molecule has 15 heteroatoms. The molecule has 0 saturated heterocycles. The standard InChI is InChI=1S/C22H25ClF3N5O4S2/c1-14(2)19-13-31(29-20(19)15-3-7-17(23)8-4-15)21(28-11-12-36(27,32)33)30-37(34,35)18-9-5-16(6-10-18)22(24,25)26/h3-10,14,19H,11-13H2,1-2H3,(H,28,30)(H2,27,32,33)/t19-/m1/s1. The summed E-state index contributed by atoms with van der Waals surface area (Å²) < 4.78 is 89.7. The number of hydrazone groups is 1. The van der Waals surface area contributed by atoms with Crippen molar-refractivity contribution in [1.82, 2.24) is 9.73 Å². The van der Waals surface area contributed by atoms with Gasteiger partial charge in [0, 0.05) is 10.9 Å². The molecule has 0 fully saturated rings. The van der Waals surface area contributed by atoms with E-state index in [1.165, 1.54) is 5.01 Å². The fourth-order valence-corrected chi connectivity index (χ4v) is 5.01. The smallest absolute Gasteiger partial charge is 0.250 e. The number of sulfonamides is 2. The Balaban J connectivity index is 1.98. The lowest BCUT2D eigenvalue weighted by Crippen LogP contribution is -2.42. The summed E-state index contributed by atoms with van der Waals surface area (Å²) in [5.41, 5.74) is 0.379. The van der Waals surface area contributed by atoms with E-state index < -0.39 is 42.4 Å². The number of nitrogens with two attached hydrogens (primary N) is 1. The van der Waals surface area contributed by atoms with Crippen LogP contribution in [0.4, 0.5) is 13.2 Å². The number of nitrogens with zero attached hydrogens (tertiary/aromatic N) is 3. The lowest BCUT2D eigenvalue weighted by atomic mass is 9.88. The Hall–Kier alpha value is -2.68. The van der Waals surface area contributed by atoms with Gasteiger partial charge in [-0.1, -0.05) is 37.6 Å². The maximum absolute atomic E-state index is 13.0. The third-order valence-corrected chi connectivity index (χ3v) is 7.84. The number of guanidine groups is 1. The van der Waals surface area contributed by atoms with Crippen molar-refractivity contribution in [3.05, 3.63) is 64.7 Å². The van der Waals surface area contributed by atoms with Crippen molar-refractivity contribution < 1.29 is 30.0 Å². The van der Waals surface area contributed by atoms with Crippen molar-refractivity contribution in [2.24, 2.45) is 27.1 Å². The van der Waals surface area contributed by atoms with Crippen LogP contribution < -0.4 is 9.86 Å². The fourth-order valence-electron chi connectivity index (χ4n) is 3.52. The second-order valence-electron chi connectivity index (χ2n) is 8.62. The van der Waals surface area contributed by atoms with Gasteiger partial charge in [-0.3, -0.25) is 0 Å². The third kappa shape index (κ3) is 7.66. The number of primary sulfonamides is 1. The number of hydrogen-bond acceptors (Lipinski definition) is 6. The van der Waals surface area contributed by atoms with Crippen molar-refractivity contribution in [1.29, 1.82) is 0 Å². The maximum atomic E-state index is 13.0. The molecule has 202 valence electrons. The summed E-state index contributed by atoms with van der Waals surface area (Å²) in [5, 5.41) is 11.4. The van der Waals surface area contributed by atoms with Gasteiger partial charge in [-0.05, 0) is 47.9 Å². The summed E-state index contributed by atoms with van der Waals surface area (Å²) >= 11 is 5.99. The number of benzene rings is 2. The zero-order valence-electron chi connectivity index (χ0n) is 19.8. The minimum atomic E-state index is -4.63. The zero-order chi connectivity index (χ0) is 27.6. The van der Waals surface area contributed by atoms with Crippen LogP contribution in [0.2, 0.25) is 5.02 Å². The Morgan fingerprint density at radius 3 is 2.24 bits per heavy atom. The highest BCUT2D eigenvalue weighted by Gasteiger charge is 2.34. The summed E-state index contributed by atoms with van der Waals surface area (Å²) in [7, 11) is -8.31. The Bertz CT molecular complexity index is 1390. The van der Waals surface area contributed by atoms with E-state index in [9.17, 15) is 30.0 Å². The van der Waals surface area contributed by atoms with E-state index in [-0.39, 0.29) is 30.9 Å². The summed E-state index contributed by atoms with van der Waals surface area (Å²) in [5.74, 6) is -0.928. The fraction of sp³-hybridized carbons (Fsp3) is 0.364. The Morgan fingerprint density at radius 2 is 1.73 bits per heavy atom. The van der Waals surface area contributed by atoms with Crippen molar-refractivity contribution in [3.63, 3.8) is 0 Å². The molecule has 0 radical (unpaired) electrons. The first kappa shape index (κ1) is 28.9. The van der Waals surface area contributed by atoms with Crippen LogP contribution in [-0.4, -0.2) is 52.4 Å². The lowest BCUT2D eigenvalue weighted by molar-refractivity contribution is -0.137. The van der Waals surface area contributed by atoms with Crippen LogP contribution in [0, 0.1) is 11.8 Å². The molecule has 0 bridgehead atoms. The molecule has 0 aromatic heterocycles. The molecule has 37 heavy (non-hydrogen) atoms. The zero-order valence-corrected chi connectivity index (χ0v) is 22.2. The van der Waals surface area contributed by atoms with Gasteiger partial charge >= 0.3 is 6.18 Å². The third-order valence-electron chi connectivity index (χ3n) is 5.49. The van der Waals surface area contributed by atoms with E-state index in [2.05, 4.69) is 14.8 Å². The first-order valence-electron chi connectivity index (χ1n) is 10.9. The summed E-state index contributed by atoms with van der Waals surface area (Å²) in [6.45, 7) is 3.76. The molecule has 3 N–H and O–H groups in total. The van der Waals surface area contributed by atoms with E-state index in [1.54, 1.807) is 24.3 Å². The van der Waals surface area contributed by atoms with Crippen molar-refractivity contribution >= 4 is 43.3 Å². The lowest BCUT2D eigenvalue weighted by Gasteiger charge is -2.21. The highest BCUT2D eigenvalue weighted by molar-refractivity contribution is 7.90. The number of nitrogens with one attached hydrogen (secondary N) is 1. The van der Waals surface area contributed by atoms with Gasteiger partial charge in [0.1, 0.15) is 0 Å². The molecule has 0 saturated carbocycles. The highest BCUT2D eigenvalue weighted by atomic mass is 35.5. The number of hydrogen-bond donors (Lipinski definition) is 2. The van der Waals surface area contributed by atoms with Crippen LogP contribution in [0.25, 0.3) is 0 Å². The second kappa shape index (κ2) is 11.0. The van der Waals surface area contributed by atoms with Crippen molar-refractivity contribution in [2.75, 3.05) is 18.8 Å². The van der Waals surface area contributed by atoms with Gasteiger partial charge in [-0.2, -0.15) is 18.3 Å². The molecule has 0 unspecified atom stereocenters. The van der Waals surface area contributed by atoms with E-state index in [1.807, 2.05) is 13.8 Å². The molecule has 1 atom stereocenters. The van der Waals surface area contributed by atoms with E-state index in [0.29, 0.717) is 22.9 Å². The predicted molar refractivity (Wildman–Crippen MR) is 135 cm³/mol. The van der Waals surface area contributed by atoms with Crippen LogP contribution in [0.1, 0.15) is 25.0 Å². The molecule has 0 aliphatic carbocycles. The summed E-state index contributed by atoms with van der Waals surface area (Å²) in [6, 6.07) is 9.84. The average Bonchev–Trinajstić information content (AvgIpc) is 3.23.